The van der Waals surface area contributed by atoms with Gasteiger partial charge in [-0.15, -0.1) is 0 Å². The van der Waals surface area contributed by atoms with E-state index in [1.165, 1.54) is 18.2 Å². The maximum absolute atomic E-state index is 13.4. The second kappa shape index (κ2) is 5.54. The molecule has 1 aromatic carbocycles. The summed E-state index contributed by atoms with van der Waals surface area (Å²) in [5.74, 6) is -2.69. The first-order chi connectivity index (χ1) is 8.97. The molecule has 2 rings (SSSR count). The Bertz CT molecular complexity index is 652. The smallest absolute Gasteiger partial charge is 0.356 e. The predicted molar refractivity (Wildman–Crippen MR) is 66.7 cm³/mol. The van der Waals surface area contributed by atoms with Crippen molar-refractivity contribution in [1.29, 1.82) is 0 Å². The van der Waals surface area contributed by atoms with Crippen molar-refractivity contribution in [2.75, 3.05) is 0 Å². The van der Waals surface area contributed by atoms with E-state index in [2.05, 4.69) is 4.98 Å². The number of aromatic carboxylic acids is 1. The van der Waals surface area contributed by atoms with Crippen LogP contribution in [0.25, 0.3) is 0 Å². The molecular formula is C12H6ClF2NO2S. The molecule has 0 radical (unpaired) electrons. The van der Waals surface area contributed by atoms with Gasteiger partial charge in [-0.25, -0.2) is 18.6 Å². The molecule has 98 valence electrons. The van der Waals surface area contributed by atoms with Gasteiger partial charge in [-0.05, 0) is 24.3 Å². The lowest BCUT2D eigenvalue weighted by Crippen LogP contribution is -2.01. The Morgan fingerprint density at radius 1 is 1.26 bits per heavy atom. The van der Waals surface area contributed by atoms with Crippen molar-refractivity contribution >= 4 is 29.3 Å². The van der Waals surface area contributed by atoms with Crippen molar-refractivity contribution < 1.29 is 18.7 Å². The molecule has 0 saturated heterocycles. The summed E-state index contributed by atoms with van der Waals surface area (Å²) < 4.78 is 26.2. The van der Waals surface area contributed by atoms with Gasteiger partial charge < -0.3 is 5.11 Å². The molecule has 2 aromatic rings. The van der Waals surface area contributed by atoms with E-state index in [4.69, 9.17) is 16.7 Å². The normalized spacial score (nSPS) is 10.5. The van der Waals surface area contributed by atoms with Crippen LogP contribution in [-0.2, 0) is 0 Å². The summed E-state index contributed by atoms with van der Waals surface area (Å²) in [6.07, 6.45) is 0. The lowest BCUT2D eigenvalue weighted by Gasteiger charge is -2.04. The van der Waals surface area contributed by atoms with Gasteiger partial charge in [0.05, 0.1) is 5.02 Å². The van der Waals surface area contributed by atoms with Crippen LogP contribution in [0.2, 0.25) is 5.02 Å². The summed E-state index contributed by atoms with van der Waals surface area (Å²) in [5, 5.41) is 9.12. The molecule has 19 heavy (non-hydrogen) atoms. The van der Waals surface area contributed by atoms with Crippen LogP contribution in [0.15, 0.2) is 40.3 Å². The van der Waals surface area contributed by atoms with Gasteiger partial charge in [0, 0.05) is 11.0 Å². The van der Waals surface area contributed by atoms with Gasteiger partial charge in [0.15, 0.2) is 5.69 Å². The maximum Gasteiger partial charge on any atom is 0.356 e. The summed E-state index contributed by atoms with van der Waals surface area (Å²) in [4.78, 5) is 14.8. The van der Waals surface area contributed by atoms with E-state index < -0.39 is 17.6 Å². The number of hydrogen-bond acceptors (Lipinski definition) is 3. The molecule has 0 aliphatic heterocycles. The van der Waals surface area contributed by atoms with E-state index in [-0.39, 0.29) is 20.6 Å². The second-order valence-corrected chi connectivity index (χ2v) is 4.93. The number of carbonyl (C=O) groups is 1. The summed E-state index contributed by atoms with van der Waals surface area (Å²) in [6.45, 7) is 0. The van der Waals surface area contributed by atoms with Gasteiger partial charge in [-0.1, -0.05) is 23.4 Å². The van der Waals surface area contributed by atoms with Crippen molar-refractivity contribution in [2.24, 2.45) is 0 Å². The van der Waals surface area contributed by atoms with Crippen LogP contribution < -0.4 is 0 Å². The SMILES string of the molecule is O=C(O)c1nc(Sc2ccc(F)cc2F)ccc1Cl. The van der Waals surface area contributed by atoms with Crippen LogP contribution in [-0.4, -0.2) is 16.1 Å². The van der Waals surface area contributed by atoms with Crippen molar-refractivity contribution in [2.45, 2.75) is 9.92 Å². The first kappa shape index (κ1) is 13.8. The monoisotopic (exact) mass is 301 g/mol. The van der Waals surface area contributed by atoms with Crippen LogP contribution >= 0.6 is 23.4 Å². The molecule has 0 aliphatic carbocycles. The fourth-order valence-corrected chi connectivity index (χ4v) is 2.28. The standard InChI is InChI=1S/C12H6ClF2NO2S/c13-7-2-4-10(16-11(7)12(17)18)19-9-3-1-6(14)5-8(9)15/h1-5H,(H,17,18). The van der Waals surface area contributed by atoms with E-state index in [1.807, 2.05) is 0 Å². The van der Waals surface area contributed by atoms with Gasteiger partial charge in [0.25, 0.3) is 0 Å². The Kier molecular flexibility index (Phi) is 4.01. The summed E-state index contributed by atoms with van der Waals surface area (Å²) in [6, 6.07) is 5.94. The quantitative estimate of drug-likeness (QED) is 0.935. The number of carboxylic acids is 1. The molecule has 1 aromatic heterocycles. The zero-order valence-corrected chi connectivity index (χ0v) is 10.8. The molecule has 0 amide bonds. The minimum atomic E-state index is -1.27. The number of rotatable bonds is 3. The fourth-order valence-electron chi connectivity index (χ4n) is 1.30. The van der Waals surface area contributed by atoms with Gasteiger partial charge in [-0.2, -0.15) is 0 Å². The largest absolute Gasteiger partial charge is 0.476 e. The lowest BCUT2D eigenvalue weighted by atomic mass is 10.3. The van der Waals surface area contributed by atoms with Crippen molar-refractivity contribution in [1.82, 2.24) is 4.98 Å². The molecule has 1 N–H and O–H groups in total. The first-order valence-corrected chi connectivity index (χ1v) is 6.19. The van der Waals surface area contributed by atoms with Crippen LogP contribution in [0.5, 0.6) is 0 Å². The van der Waals surface area contributed by atoms with Crippen LogP contribution in [0.1, 0.15) is 10.5 Å². The summed E-state index contributed by atoms with van der Waals surface area (Å²) >= 11 is 6.56. The van der Waals surface area contributed by atoms with Gasteiger partial charge >= 0.3 is 5.97 Å². The molecule has 0 unspecified atom stereocenters. The van der Waals surface area contributed by atoms with Crippen molar-refractivity contribution in [3.05, 3.63) is 52.7 Å². The third-order valence-electron chi connectivity index (χ3n) is 2.13. The van der Waals surface area contributed by atoms with Crippen LogP contribution in [0.4, 0.5) is 8.78 Å². The minimum absolute atomic E-state index is 0.00331. The maximum atomic E-state index is 13.4. The van der Waals surface area contributed by atoms with Crippen molar-refractivity contribution in [3.8, 4) is 0 Å². The Hall–Kier alpha value is -1.66. The first-order valence-electron chi connectivity index (χ1n) is 5.00. The average molecular weight is 302 g/mol. The topological polar surface area (TPSA) is 50.2 Å². The van der Waals surface area contributed by atoms with Crippen LogP contribution in [0.3, 0.4) is 0 Å². The summed E-state index contributed by atoms with van der Waals surface area (Å²) in [7, 11) is 0. The Balaban J connectivity index is 2.33. The van der Waals surface area contributed by atoms with E-state index >= 15 is 0 Å². The third-order valence-corrected chi connectivity index (χ3v) is 3.42. The molecule has 0 fully saturated rings. The number of hydrogen-bond donors (Lipinski definition) is 1. The second-order valence-electron chi connectivity index (χ2n) is 3.46. The number of pyridine rings is 1. The molecule has 0 saturated carbocycles. The highest BCUT2D eigenvalue weighted by molar-refractivity contribution is 7.99. The third kappa shape index (κ3) is 3.21. The van der Waals surface area contributed by atoms with Gasteiger partial charge in [0.1, 0.15) is 16.7 Å². The predicted octanol–water partition coefficient (Wildman–Crippen LogP) is 3.86. The Morgan fingerprint density at radius 2 is 2.00 bits per heavy atom. The molecule has 3 nitrogen and oxygen atoms in total. The molecule has 7 heteroatoms. The van der Waals surface area contributed by atoms with Crippen LogP contribution in [0, 0.1) is 11.6 Å². The molecule has 0 bridgehead atoms. The number of carboxylic acid groups (broad SMARTS) is 1. The zero-order valence-electron chi connectivity index (χ0n) is 9.23. The number of halogens is 3. The number of benzene rings is 1. The lowest BCUT2D eigenvalue weighted by molar-refractivity contribution is 0.0690. The van der Waals surface area contributed by atoms with Crippen molar-refractivity contribution in [3.63, 3.8) is 0 Å². The highest BCUT2D eigenvalue weighted by Crippen LogP contribution is 2.30. The molecule has 1 heterocycles. The molecular weight excluding hydrogens is 296 g/mol. The number of nitrogens with zero attached hydrogens (tertiary/aromatic N) is 1. The molecule has 0 atom stereocenters. The Labute approximate surface area is 116 Å². The van der Waals surface area contributed by atoms with E-state index in [0.717, 1.165) is 23.9 Å². The molecule has 0 spiro atoms. The van der Waals surface area contributed by atoms with E-state index in [9.17, 15) is 13.6 Å². The van der Waals surface area contributed by atoms with Gasteiger partial charge in [-0.3, -0.25) is 0 Å². The van der Waals surface area contributed by atoms with E-state index in [0.29, 0.717) is 0 Å². The minimum Gasteiger partial charge on any atom is -0.476 e. The zero-order chi connectivity index (χ0) is 14.0. The number of aromatic nitrogens is 1. The van der Waals surface area contributed by atoms with Gasteiger partial charge in [0.2, 0.25) is 0 Å². The highest BCUT2D eigenvalue weighted by Gasteiger charge is 2.13. The fraction of sp³-hybridized carbons (Fsp3) is 0. The average Bonchev–Trinajstić information content (AvgIpc) is 2.34. The van der Waals surface area contributed by atoms with E-state index in [1.54, 1.807) is 0 Å². The Morgan fingerprint density at radius 3 is 2.63 bits per heavy atom. The highest BCUT2D eigenvalue weighted by atomic mass is 35.5. The molecule has 0 aliphatic rings. The summed E-state index contributed by atoms with van der Waals surface area (Å²) in [5.41, 5.74) is -0.311.